The highest BCUT2D eigenvalue weighted by Crippen LogP contribution is 2.33. The van der Waals surface area contributed by atoms with Gasteiger partial charge in [0.2, 0.25) is 0 Å². The second-order valence-corrected chi connectivity index (χ2v) is 8.99. The average Bonchev–Trinajstić information content (AvgIpc) is 2.84. The summed E-state index contributed by atoms with van der Waals surface area (Å²) < 4.78 is 6.23. The lowest BCUT2D eigenvalue weighted by Crippen LogP contribution is -2.55. The number of benzene rings is 3. The number of ether oxygens (including phenoxy) is 1. The molecule has 4 rings (SSSR count). The summed E-state index contributed by atoms with van der Waals surface area (Å²) in [5.41, 5.74) is 3.98. The van der Waals surface area contributed by atoms with Gasteiger partial charge in [-0.15, -0.1) is 0 Å². The first-order valence-corrected chi connectivity index (χ1v) is 11.9. The monoisotopic (exact) mass is 429 g/mol. The lowest BCUT2D eigenvalue weighted by molar-refractivity contribution is -0.148. The normalized spacial score (nSPS) is 18.9. The summed E-state index contributed by atoms with van der Waals surface area (Å²) in [4.78, 5) is 2.42. The highest BCUT2D eigenvalue weighted by atomic mass is 16.5. The van der Waals surface area contributed by atoms with Gasteiger partial charge in [-0.3, -0.25) is 4.90 Å². The van der Waals surface area contributed by atoms with Gasteiger partial charge in [0.15, 0.2) is 0 Å². The molecule has 3 aromatic carbocycles. The van der Waals surface area contributed by atoms with Crippen molar-refractivity contribution in [2.24, 2.45) is 0 Å². The summed E-state index contributed by atoms with van der Waals surface area (Å²) in [7, 11) is 0. The van der Waals surface area contributed by atoms with E-state index >= 15 is 0 Å². The van der Waals surface area contributed by atoms with Gasteiger partial charge in [-0.1, -0.05) is 105 Å². The minimum absolute atomic E-state index is 0.199. The molecule has 32 heavy (non-hydrogen) atoms. The lowest BCUT2D eigenvalue weighted by atomic mass is 9.81. The maximum absolute atomic E-state index is 12.0. The zero-order valence-electron chi connectivity index (χ0n) is 19.1. The molecule has 2 unspecified atom stereocenters. The molecule has 168 valence electrons. The standard InChI is InChI=1S/C29H35NO2/c1-2-3-18-29(31,21-26-16-10-11-17-27(26)25-14-8-5-9-15-25)28-23-30(19-20-32-28)22-24-12-6-4-7-13-24/h4-17,28,31H,2-3,18-23H2,1H3. The number of unbranched alkanes of at least 4 members (excludes halogenated alkanes) is 1. The number of rotatable bonds is 9. The minimum atomic E-state index is -0.893. The van der Waals surface area contributed by atoms with Gasteiger partial charge < -0.3 is 9.84 Å². The maximum Gasteiger partial charge on any atom is 0.0992 e. The summed E-state index contributed by atoms with van der Waals surface area (Å²) in [6.45, 7) is 5.39. The molecular formula is C29H35NO2. The third-order valence-corrected chi connectivity index (χ3v) is 6.56. The van der Waals surface area contributed by atoms with Gasteiger partial charge in [-0.2, -0.15) is 0 Å². The van der Waals surface area contributed by atoms with Gasteiger partial charge in [0, 0.05) is 26.1 Å². The third kappa shape index (κ3) is 5.66. The lowest BCUT2D eigenvalue weighted by Gasteiger charge is -2.42. The molecular weight excluding hydrogens is 394 g/mol. The van der Waals surface area contributed by atoms with E-state index in [0.717, 1.165) is 38.9 Å². The van der Waals surface area contributed by atoms with Crippen LogP contribution in [0.25, 0.3) is 11.1 Å². The molecule has 3 aromatic rings. The van der Waals surface area contributed by atoms with E-state index in [1.165, 1.54) is 22.3 Å². The summed E-state index contributed by atoms with van der Waals surface area (Å²) in [6.07, 6.45) is 3.19. The van der Waals surface area contributed by atoms with E-state index < -0.39 is 5.60 Å². The number of hydrogen-bond donors (Lipinski definition) is 1. The SMILES string of the molecule is CCCCC(O)(Cc1ccccc1-c1ccccc1)C1CN(Cc2ccccc2)CCO1. The van der Waals surface area contributed by atoms with Crippen LogP contribution in [0.5, 0.6) is 0 Å². The Hall–Kier alpha value is -2.46. The molecule has 2 atom stereocenters. The van der Waals surface area contributed by atoms with Gasteiger partial charge in [0.05, 0.1) is 18.3 Å². The Morgan fingerprint density at radius 2 is 1.62 bits per heavy atom. The first kappa shape index (κ1) is 22.7. The fraction of sp³-hybridized carbons (Fsp3) is 0.379. The molecule has 1 fully saturated rings. The second kappa shape index (κ2) is 10.9. The van der Waals surface area contributed by atoms with E-state index in [9.17, 15) is 5.11 Å². The van der Waals surface area contributed by atoms with Crippen LogP contribution in [0, 0.1) is 0 Å². The van der Waals surface area contributed by atoms with Crippen molar-refractivity contribution >= 4 is 0 Å². The quantitative estimate of drug-likeness (QED) is 0.472. The predicted molar refractivity (Wildman–Crippen MR) is 132 cm³/mol. The van der Waals surface area contributed by atoms with Crippen LogP contribution in [-0.4, -0.2) is 41.4 Å². The van der Waals surface area contributed by atoms with Crippen molar-refractivity contribution in [2.75, 3.05) is 19.7 Å². The van der Waals surface area contributed by atoms with Crippen LogP contribution < -0.4 is 0 Å². The van der Waals surface area contributed by atoms with Gasteiger partial charge >= 0.3 is 0 Å². The van der Waals surface area contributed by atoms with E-state index in [-0.39, 0.29) is 6.10 Å². The second-order valence-electron chi connectivity index (χ2n) is 8.99. The van der Waals surface area contributed by atoms with Crippen molar-refractivity contribution in [3.63, 3.8) is 0 Å². The van der Waals surface area contributed by atoms with Gasteiger partial charge in [-0.25, -0.2) is 0 Å². The summed E-state index contributed by atoms with van der Waals surface area (Å²) in [6, 6.07) is 29.5. The smallest absolute Gasteiger partial charge is 0.0992 e. The molecule has 3 nitrogen and oxygen atoms in total. The van der Waals surface area contributed by atoms with Crippen LogP contribution in [-0.2, 0) is 17.7 Å². The zero-order chi connectivity index (χ0) is 22.2. The molecule has 0 amide bonds. The fourth-order valence-corrected chi connectivity index (χ4v) is 4.76. The van der Waals surface area contributed by atoms with E-state index in [1.54, 1.807) is 0 Å². The van der Waals surface area contributed by atoms with Crippen LogP contribution in [0.1, 0.15) is 37.3 Å². The summed E-state index contributed by atoms with van der Waals surface area (Å²) >= 11 is 0. The van der Waals surface area contributed by atoms with E-state index in [2.05, 4.69) is 90.7 Å². The Morgan fingerprint density at radius 1 is 0.938 bits per heavy atom. The van der Waals surface area contributed by atoms with E-state index in [1.807, 2.05) is 6.07 Å². The Bertz CT molecular complexity index is 959. The van der Waals surface area contributed by atoms with Crippen molar-refractivity contribution in [2.45, 2.75) is 50.9 Å². The minimum Gasteiger partial charge on any atom is -0.387 e. The third-order valence-electron chi connectivity index (χ3n) is 6.56. The summed E-state index contributed by atoms with van der Waals surface area (Å²) in [5, 5.41) is 12.0. The predicted octanol–water partition coefficient (Wildman–Crippen LogP) is 5.72. The number of nitrogens with zero attached hydrogens (tertiary/aromatic N) is 1. The average molecular weight is 430 g/mol. The van der Waals surface area contributed by atoms with Crippen LogP contribution in [0.4, 0.5) is 0 Å². The molecule has 0 radical (unpaired) electrons. The van der Waals surface area contributed by atoms with Crippen LogP contribution in [0.3, 0.4) is 0 Å². The van der Waals surface area contributed by atoms with Crippen molar-refractivity contribution in [1.82, 2.24) is 4.90 Å². The topological polar surface area (TPSA) is 32.7 Å². The van der Waals surface area contributed by atoms with Gasteiger partial charge in [0.1, 0.15) is 0 Å². The molecule has 1 heterocycles. The van der Waals surface area contributed by atoms with Crippen molar-refractivity contribution < 1.29 is 9.84 Å². The van der Waals surface area contributed by atoms with Crippen LogP contribution >= 0.6 is 0 Å². The largest absolute Gasteiger partial charge is 0.387 e. The molecule has 0 saturated carbocycles. The van der Waals surface area contributed by atoms with E-state index in [0.29, 0.717) is 13.0 Å². The number of hydrogen-bond acceptors (Lipinski definition) is 3. The Morgan fingerprint density at radius 3 is 2.38 bits per heavy atom. The Labute approximate surface area is 192 Å². The van der Waals surface area contributed by atoms with Gasteiger partial charge in [-0.05, 0) is 28.7 Å². The fourth-order valence-electron chi connectivity index (χ4n) is 4.76. The number of morpholine rings is 1. The van der Waals surface area contributed by atoms with Crippen molar-refractivity contribution in [3.05, 3.63) is 96.1 Å². The molecule has 0 aromatic heterocycles. The number of aliphatic hydroxyl groups is 1. The molecule has 0 spiro atoms. The first-order chi connectivity index (χ1) is 15.7. The van der Waals surface area contributed by atoms with Crippen molar-refractivity contribution in [1.29, 1.82) is 0 Å². The van der Waals surface area contributed by atoms with Gasteiger partial charge in [0.25, 0.3) is 0 Å². The molecule has 0 aliphatic carbocycles. The highest BCUT2D eigenvalue weighted by Gasteiger charge is 2.40. The zero-order valence-corrected chi connectivity index (χ0v) is 19.1. The van der Waals surface area contributed by atoms with Crippen LogP contribution in [0.15, 0.2) is 84.9 Å². The van der Waals surface area contributed by atoms with Crippen LogP contribution in [0.2, 0.25) is 0 Å². The highest BCUT2D eigenvalue weighted by molar-refractivity contribution is 5.67. The van der Waals surface area contributed by atoms with Crippen molar-refractivity contribution in [3.8, 4) is 11.1 Å². The first-order valence-electron chi connectivity index (χ1n) is 11.9. The maximum atomic E-state index is 12.0. The molecule has 1 saturated heterocycles. The van der Waals surface area contributed by atoms with E-state index in [4.69, 9.17) is 4.74 Å². The molecule has 1 aliphatic rings. The molecule has 0 bridgehead atoms. The molecule has 3 heteroatoms. The Balaban J connectivity index is 1.56. The summed E-state index contributed by atoms with van der Waals surface area (Å²) in [5.74, 6) is 0. The molecule has 1 N–H and O–H groups in total. The Kier molecular flexibility index (Phi) is 7.75. The molecule has 1 aliphatic heterocycles.